The summed E-state index contributed by atoms with van der Waals surface area (Å²) in [5, 5.41) is 5.88. The largest absolute Gasteiger partial charge is 0.493 e. The Morgan fingerprint density at radius 1 is 1.28 bits per heavy atom. The highest BCUT2D eigenvalue weighted by atomic mass is 32.2. The summed E-state index contributed by atoms with van der Waals surface area (Å²) >= 11 is 0. The Bertz CT molecular complexity index is 712. The average molecular weight is 370 g/mol. The van der Waals surface area contributed by atoms with Gasteiger partial charge in [0.15, 0.2) is 26.1 Å². The van der Waals surface area contributed by atoms with E-state index < -0.39 is 20.5 Å². The van der Waals surface area contributed by atoms with Crippen molar-refractivity contribution in [2.75, 3.05) is 33.1 Å². The Morgan fingerprint density at radius 2 is 1.96 bits per heavy atom. The number of sulfone groups is 1. The third-order valence-corrected chi connectivity index (χ3v) is 6.53. The first-order valence-electron chi connectivity index (χ1n) is 8.32. The molecular weight excluding hydrogens is 344 g/mol. The lowest BCUT2D eigenvalue weighted by Crippen LogP contribution is -2.57. The second kappa shape index (κ2) is 8.05. The lowest BCUT2D eigenvalue weighted by Gasteiger charge is -2.34. The molecule has 0 atom stereocenters. The van der Waals surface area contributed by atoms with Crippen LogP contribution in [0.15, 0.2) is 18.2 Å². The lowest BCUT2D eigenvalue weighted by molar-refractivity contribution is -0.124. The summed E-state index contributed by atoms with van der Waals surface area (Å²) in [4.78, 5) is 12.7. The standard InChI is InChI=1S/C17H26N2O5S/c1-4-24-14-6-5-13(11-15(14)23-2)12-19-16(20)17(25(3,21)22)7-9-18-10-8-17/h5-6,11,18H,4,7-10,12H2,1-3H3,(H,19,20). The van der Waals surface area contributed by atoms with Gasteiger partial charge in [0.05, 0.1) is 13.7 Å². The average Bonchev–Trinajstić information content (AvgIpc) is 2.60. The second-order valence-corrected chi connectivity index (χ2v) is 8.44. The fourth-order valence-corrected chi connectivity index (χ4v) is 4.39. The van der Waals surface area contributed by atoms with Crippen molar-refractivity contribution < 1.29 is 22.7 Å². The minimum Gasteiger partial charge on any atom is -0.493 e. The minimum atomic E-state index is -3.51. The molecule has 7 nitrogen and oxygen atoms in total. The molecule has 0 saturated carbocycles. The molecule has 0 aromatic heterocycles. The highest BCUT2D eigenvalue weighted by Crippen LogP contribution is 2.30. The number of amides is 1. The van der Waals surface area contributed by atoms with Gasteiger partial charge in [-0.3, -0.25) is 4.79 Å². The van der Waals surface area contributed by atoms with Crippen molar-refractivity contribution in [2.24, 2.45) is 0 Å². The van der Waals surface area contributed by atoms with Crippen LogP contribution in [0.5, 0.6) is 11.5 Å². The number of carbonyl (C=O) groups excluding carboxylic acids is 1. The maximum absolute atomic E-state index is 12.7. The van der Waals surface area contributed by atoms with Gasteiger partial charge in [-0.25, -0.2) is 8.42 Å². The molecule has 1 aromatic carbocycles. The van der Waals surface area contributed by atoms with E-state index in [-0.39, 0.29) is 19.4 Å². The van der Waals surface area contributed by atoms with E-state index in [1.165, 1.54) is 0 Å². The molecule has 1 aliphatic heterocycles. The number of ether oxygens (including phenoxy) is 2. The molecule has 8 heteroatoms. The van der Waals surface area contributed by atoms with E-state index in [2.05, 4.69) is 10.6 Å². The number of piperidine rings is 1. The van der Waals surface area contributed by atoms with Crippen molar-refractivity contribution in [2.45, 2.75) is 31.1 Å². The topological polar surface area (TPSA) is 93.7 Å². The van der Waals surface area contributed by atoms with Crippen LogP contribution in [0.1, 0.15) is 25.3 Å². The number of methoxy groups -OCH3 is 1. The molecule has 1 aliphatic rings. The number of rotatable bonds is 7. The van der Waals surface area contributed by atoms with E-state index in [9.17, 15) is 13.2 Å². The van der Waals surface area contributed by atoms with Gasteiger partial charge in [0.1, 0.15) is 0 Å². The van der Waals surface area contributed by atoms with Crippen LogP contribution in [0.25, 0.3) is 0 Å². The SMILES string of the molecule is CCOc1ccc(CNC(=O)C2(S(C)(=O)=O)CCNCC2)cc1OC. The molecule has 0 aliphatic carbocycles. The number of hydrogen-bond acceptors (Lipinski definition) is 6. The predicted molar refractivity (Wildman–Crippen MR) is 95.7 cm³/mol. The van der Waals surface area contributed by atoms with Crippen LogP contribution in [0, 0.1) is 0 Å². The van der Waals surface area contributed by atoms with Crippen molar-refractivity contribution in [1.82, 2.24) is 10.6 Å². The summed E-state index contributed by atoms with van der Waals surface area (Å²) in [6, 6.07) is 5.38. The normalized spacial score (nSPS) is 16.9. The molecule has 0 bridgehead atoms. The first-order valence-corrected chi connectivity index (χ1v) is 10.2. The molecule has 25 heavy (non-hydrogen) atoms. The summed E-state index contributed by atoms with van der Waals surface area (Å²) in [6.07, 6.45) is 1.70. The molecule has 0 spiro atoms. The van der Waals surface area contributed by atoms with Gasteiger partial charge in [-0.05, 0) is 50.6 Å². The Morgan fingerprint density at radius 3 is 2.52 bits per heavy atom. The first-order chi connectivity index (χ1) is 11.8. The van der Waals surface area contributed by atoms with Crippen LogP contribution in [-0.4, -0.2) is 52.1 Å². The zero-order chi connectivity index (χ0) is 18.5. The Labute approximate surface area is 149 Å². The lowest BCUT2D eigenvalue weighted by atomic mass is 9.95. The summed E-state index contributed by atoms with van der Waals surface area (Å²) < 4.78 is 33.9. The molecule has 0 radical (unpaired) electrons. The Balaban J connectivity index is 2.13. The second-order valence-electron chi connectivity index (χ2n) is 6.12. The molecule has 2 rings (SSSR count). The van der Waals surface area contributed by atoms with Crippen LogP contribution in [0.3, 0.4) is 0 Å². The van der Waals surface area contributed by atoms with Gasteiger partial charge in [-0.15, -0.1) is 0 Å². The fourth-order valence-electron chi connectivity index (χ4n) is 3.04. The van der Waals surface area contributed by atoms with Gasteiger partial charge < -0.3 is 20.1 Å². The summed E-state index contributed by atoms with van der Waals surface area (Å²) in [7, 11) is -1.97. The van der Waals surface area contributed by atoms with E-state index >= 15 is 0 Å². The minimum absolute atomic E-state index is 0.228. The zero-order valence-electron chi connectivity index (χ0n) is 14.9. The molecule has 2 N–H and O–H groups in total. The Kier molecular flexibility index (Phi) is 6.29. The zero-order valence-corrected chi connectivity index (χ0v) is 15.7. The molecule has 1 amide bonds. The number of benzene rings is 1. The van der Waals surface area contributed by atoms with Crippen molar-refractivity contribution in [1.29, 1.82) is 0 Å². The third-order valence-electron chi connectivity index (χ3n) is 4.52. The summed E-state index contributed by atoms with van der Waals surface area (Å²) in [5.74, 6) is 0.767. The molecule has 1 aromatic rings. The highest BCUT2D eigenvalue weighted by molar-refractivity contribution is 7.92. The van der Waals surface area contributed by atoms with Crippen LogP contribution in [0.2, 0.25) is 0 Å². The van der Waals surface area contributed by atoms with Gasteiger partial charge in [0, 0.05) is 12.8 Å². The van der Waals surface area contributed by atoms with Crippen molar-refractivity contribution in [3.05, 3.63) is 23.8 Å². The van der Waals surface area contributed by atoms with Crippen molar-refractivity contribution >= 4 is 15.7 Å². The third kappa shape index (κ3) is 4.24. The smallest absolute Gasteiger partial charge is 0.241 e. The van der Waals surface area contributed by atoms with Crippen molar-refractivity contribution in [3.8, 4) is 11.5 Å². The number of hydrogen-bond donors (Lipinski definition) is 2. The highest BCUT2D eigenvalue weighted by Gasteiger charge is 2.48. The van der Waals surface area contributed by atoms with Crippen LogP contribution >= 0.6 is 0 Å². The van der Waals surface area contributed by atoms with E-state index in [4.69, 9.17) is 9.47 Å². The van der Waals surface area contributed by atoms with Crippen LogP contribution in [-0.2, 0) is 21.2 Å². The van der Waals surface area contributed by atoms with Crippen LogP contribution < -0.4 is 20.1 Å². The van der Waals surface area contributed by atoms with Gasteiger partial charge in [0.2, 0.25) is 5.91 Å². The molecule has 0 unspecified atom stereocenters. The predicted octanol–water partition coefficient (Wildman–Crippen LogP) is 0.877. The summed E-state index contributed by atoms with van der Waals surface area (Å²) in [6.45, 7) is 3.66. The Hall–Kier alpha value is -1.80. The van der Waals surface area contributed by atoms with E-state index in [1.807, 2.05) is 13.0 Å². The van der Waals surface area contributed by atoms with Gasteiger partial charge in [-0.1, -0.05) is 6.07 Å². The van der Waals surface area contributed by atoms with Gasteiger partial charge in [-0.2, -0.15) is 0 Å². The molecule has 1 saturated heterocycles. The number of carbonyl (C=O) groups is 1. The maximum atomic E-state index is 12.7. The van der Waals surface area contributed by atoms with E-state index in [0.717, 1.165) is 11.8 Å². The quantitative estimate of drug-likeness (QED) is 0.740. The van der Waals surface area contributed by atoms with E-state index in [0.29, 0.717) is 31.2 Å². The molecule has 140 valence electrons. The van der Waals surface area contributed by atoms with Crippen LogP contribution in [0.4, 0.5) is 0 Å². The molecular formula is C17H26N2O5S. The fraction of sp³-hybridized carbons (Fsp3) is 0.588. The summed E-state index contributed by atoms with van der Waals surface area (Å²) in [5.41, 5.74) is 0.811. The molecule has 1 fully saturated rings. The number of nitrogens with one attached hydrogen (secondary N) is 2. The monoisotopic (exact) mass is 370 g/mol. The van der Waals surface area contributed by atoms with E-state index in [1.54, 1.807) is 19.2 Å². The van der Waals surface area contributed by atoms with Crippen molar-refractivity contribution in [3.63, 3.8) is 0 Å². The van der Waals surface area contributed by atoms with Gasteiger partial charge in [0.25, 0.3) is 0 Å². The first kappa shape index (κ1) is 19.5. The molecule has 1 heterocycles. The maximum Gasteiger partial charge on any atom is 0.241 e. The van der Waals surface area contributed by atoms with Gasteiger partial charge >= 0.3 is 0 Å².